The largest absolute Gasteiger partial charge is 0.339 e. The van der Waals surface area contributed by atoms with Gasteiger partial charge in [-0.05, 0) is 61.5 Å². The molecule has 1 fully saturated rings. The number of hydrogen-bond acceptors (Lipinski definition) is 4. The number of benzene rings is 2. The van der Waals surface area contributed by atoms with Crippen LogP contribution in [0.4, 0.5) is 17.1 Å². The Bertz CT molecular complexity index is 815. The minimum absolute atomic E-state index is 0.0210. The minimum Gasteiger partial charge on any atom is -0.339 e. The summed E-state index contributed by atoms with van der Waals surface area (Å²) in [5.41, 5.74) is 2.08. The van der Waals surface area contributed by atoms with Gasteiger partial charge in [0.25, 0.3) is 11.6 Å². The predicted octanol–water partition coefficient (Wildman–Crippen LogP) is 3.64. The average Bonchev–Trinajstić information content (AvgIpc) is 3.17. The van der Waals surface area contributed by atoms with Gasteiger partial charge < -0.3 is 15.5 Å². The van der Waals surface area contributed by atoms with Gasteiger partial charge in [0.1, 0.15) is 0 Å². The molecule has 2 N–H and O–H groups in total. The molecule has 0 saturated carbocycles. The number of thiocarbonyl (C=S) groups is 1. The Labute approximate surface area is 156 Å². The number of carbonyl (C=O) groups is 1. The van der Waals surface area contributed by atoms with Gasteiger partial charge in [-0.2, -0.15) is 0 Å². The van der Waals surface area contributed by atoms with Crippen LogP contribution in [-0.2, 0) is 0 Å². The first-order valence-electron chi connectivity index (χ1n) is 8.25. The Morgan fingerprint density at radius 2 is 1.46 bits per heavy atom. The molecule has 1 aliphatic rings. The fourth-order valence-electron chi connectivity index (χ4n) is 2.76. The highest BCUT2D eigenvalue weighted by Gasteiger charge is 2.19. The average molecular weight is 370 g/mol. The van der Waals surface area contributed by atoms with Gasteiger partial charge in [-0.1, -0.05) is 0 Å². The van der Waals surface area contributed by atoms with E-state index in [-0.39, 0.29) is 11.6 Å². The molecule has 1 amide bonds. The van der Waals surface area contributed by atoms with Crippen molar-refractivity contribution in [3.63, 3.8) is 0 Å². The smallest absolute Gasteiger partial charge is 0.269 e. The first-order chi connectivity index (χ1) is 12.5. The molecule has 26 heavy (non-hydrogen) atoms. The fourth-order valence-corrected chi connectivity index (χ4v) is 2.99. The van der Waals surface area contributed by atoms with Crippen LogP contribution in [0.5, 0.6) is 0 Å². The number of nitrogens with one attached hydrogen (secondary N) is 2. The summed E-state index contributed by atoms with van der Waals surface area (Å²) in [6.07, 6.45) is 2.13. The quantitative estimate of drug-likeness (QED) is 0.485. The van der Waals surface area contributed by atoms with E-state index in [2.05, 4.69) is 10.6 Å². The number of nitro groups is 1. The summed E-state index contributed by atoms with van der Waals surface area (Å²) in [5, 5.41) is 17.0. The number of non-ortho nitro benzene ring substituents is 1. The van der Waals surface area contributed by atoms with E-state index in [1.165, 1.54) is 12.1 Å². The van der Waals surface area contributed by atoms with Gasteiger partial charge in [-0.3, -0.25) is 14.9 Å². The second-order valence-corrected chi connectivity index (χ2v) is 6.37. The second kappa shape index (κ2) is 7.92. The van der Waals surface area contributed by atoms with Gasteiger partial charge in [0.15, 0.2) is 5.11 Å². The molecule has 1 heterocycles. The number of nitrogens with zero attached hydrogens (tertiary/aromatic N) is 2. The van der Waals surface area contributed by atoms with E-state index in [4.69, 9.17) is 12.2 Å². The van der Waals surface area contributed by atoms with Crippen LogP contribution >= 0.6 is 12.2 Å². The third kappa shape index (κ3) is 4.34. The maximum Gasteiger partial charge on any atom is 0.269 e. The molecule has 134 valence electrons. The number of amides is 1. The lowest BCUT2D eigenvalue weighted by molar-refractivity contribution is -0.384. The van der Waals surface area contributed by atoms with E-state index in [0.717, 1.165) is 31.6 Å². The van der Waals surface area contributed by atoms with E-state index in [0.29, 0.717) is 16.4 Å². The predicted molar refractivity (Wildman–Crippen MR) is 105 cm³/mol. The van der Waals surface area contributed by atoms with Crippen LogP contribution in [0.3, 0.4) is 0 Å². The number of nitro benzene ring substituents is 1. The molecule has 0 unspecified atom stereocenters. The maximum absolute atomic E-state index is 12.3. The SMILES string of the molecule is O=C(c1ccc(NC(=S)Nc2ccc([N+](=O)[O-])cc2)cc1)N1CCCC1. The highest BCUT2D eigenvalue weighted by Crippen LogP contribution is 2.17. The number of likely N-dealkylation sites (tertiary alicyclic amines) is 1. The highest BCUT2D eigenvalue weighted by molar-refractivity contribution is 7.80. The molecule has 0 aromatic heterocycles. The van der Waals surface area contributed by atoms with Gasteiger partial charge in [-0.15, -0.1) is 0 Å². The molecular formula is C18H18N4O3S. The molecule has 2 aromatic carbocycles. The number of hydrogen-bond donors (Lipinski definition) is 2. The van der Waals surface area contributed by atoms with E-state index >= 15 is 0 Å². The van der Waals surface area contributed by atoms with Crippen LogP contribution in [0.2, 0.25) is 0 Å². The summed E-state index contributed by atoms with van der Waals surface area (Å²) in [6.45, 7) is 1.64. The Morgan fingerprint density at radius 1 is 0.962 bits per heavy atom. The Kier molecular flexibility index (Phi) is 5.43. The van der Waals surface area contributed by atoms with Crippen LogP contribution in [0.15, 0.2) is 48.5 Å². The van der Waals surface area contributed by atoms with Crippen molar-refractivity contribution in [1.82, 2.24) is 4.90 Å². The molecule has 7 nitrogen and oxygen atoms in total. The van der Waals surface area contributed by atoms with Crippen molar-refractivity contribution in [2.24, 2.45) is 0 Å². The third-order valence-corrected chi connectivity index (χ3v) is 4.32. The van der Waals surface area contributed by atoms with Gasteiger partial charge >= 0.3 is 0 Å². The van der Waals surface area contributed by atoms with Crippen LogP contribution in [0.25, 0.3) is 0 Å². The van der Waals surface area contributed by atoms with Crippen molar-refractivity contribution in [2.75, 3.05) is 23.7 Å². The molecule has 0 atom stereocenters. The van der Waals surface area contributed by atoms with E-state index in [9.17, 15) is 14.9 Å². The first-order valence-corrected chi connectivity index (χ1v) is 8.65. The summed E-state index contributed by atoms with van der Waals surface area (Å²) >= 11 is 5.24. The molecule has 0 bridgehead atoms. The van der Waals surface area contributed by atoms with Crippen molar-refractivity contribution in [3.05, 3.63) is 64.2 Å². The third-order valence-electron chi connectivity index (χ3n) is 4.12. The number of rotatable bonds is 4. The standard InChI is InChI=1S/C18H18N4O3S/c23-17(21-11-1-2-12-21)13-3-5-14(6-4-13)19-18(26)20-15-7-9-16(10-8-15)22(24)25/h3-10H,1-2,11-12H2,(H2,19,20,26). The lowest BCUT2D eigenvalue weighted by atomic mass is 10.2. The number of carbonyl (C=O) groups excluding carboxylic acids is 1. The maximum atomic E-state index is 12.3. The van der Waals surface area contributed by atoms with Gasteiger partial charge in [0, 0.05) is 42.2 Å². The van der Waals surface area contributed by atoms with Gasteiger partial charge in [0.2, 0.25) is 0 Å². The summed E-state index contributed by atoms with van der Waals surface area (Å²) < 4.78 is 0. The highest BCUT2D eigenvalue weighted by atomic mass is 32.1. The Balaban J connectivity index is 1.57. The second-order valence-electron chi connectivity index (χ2n) is 5.96. The summed E-state index contributed by atoms with van der Waals surface area (Å²) in [6, 6.07) is 13.1. The number of anilines is 2. The van der Waals surface area contributed by atoms with Crippen molar-refractivity contribution >= 4 is 40.3 Å². The normalized spacial score (nSPS) is 13.3. The van der Waals surface area contributed by atoms with Crippen molar-refractivity contribution < 1.29 is 9.72 Å². The van der Waals surface area contributed by atoms with Gasteiger partial charge in [-0.25, -0.2) is 0 Å². The van der Waals surface area contributed by atoms with Crippen LogP contribution in [0.1, 0.15) is 23.2 Å². The van der Waals surface area contributed by atoms with Crippen molar-refractivity contribution in [1.29, 1.82) is 0 Å². The molecule has 1 aliphatic heterocycles. The molecule has 3 rings (SSSR count). The lowest BCUT2D eigenvalue weighted by Gasteiger charge is -2.15. The van der Waals surface area contributed by atoms with Gasteiger partial charge in [0.05, 0.1) is 4.92 Å². The Hall–Kier alpha value is -3.00. The monoisotopic (exact) mass is 370 g/mol. The summed E-state index contributed by atoms with van der Waals surface area (Å²) in [7, 11) is 0. The molecule has 1 saturated heterocycles. The van der Waals surface area contributed by atoms with Crippen LogP contribution in [0, 0.1) is 10.1 Å². The zero-order chi connectivity index (χ0) is 18.5. The molecule has 8 heteroatoms. The molecule has 0 radical (unpaired) electrons. The van der Waals surface area contributed by atoms with E-state index < -0.39 is 4.92 Å². The first kappa shape index (κ1) is 17.8. The zero-order valence-corrected chi connectivity index (χ0v) is 14.8. The van der Waals surface area contributed by atoms with Crippen LogP contribution in [-0.4, -0.2) is 33.9 Å². The molecule has 0 spiro atoms. The molecular weight excluding hydrogens is 352 g/mol. The Morgan fingerprint density at radius 3 is 1.96 bits per heavy atom. The minimum atomic E-state index is -0.453. The molecule has 2 aromatic rings. The van der Waals surface area contributed by atoms with Crippen molar-refractivity contribution in [3.8, 4) is 0 Å². The van der Waals surface area contributed by atoms with Crippen molar-refractivity contribution in [2.45, 2.75) is 12.8 Å². The fraction of sp³-hybridized carbons (Fsp3) is 0.222. The molecule has 0 aliphatic carbocycles. The van der Waals surface area contributed by atoms with Crippen LogP contribution < -0.4 is 10.6 Å². The lowest BCUT2D eigenvalue weighted by Crippen LogP contribution is -2.27. The van der Waals surface area contributed by atoms with E-state index in [1.807, 2.05) is 4.90 Å². The van der Waals surface area contributed by atoms with E-state index in [1.54, 1.807) is 36.4 Å². The summed E-state index contributed by atoms with van der Waals surface area (Å²) in [4.78, 5) is 24.4. The zero-order valence-electron chi connectivity index (χ0n) is 14.0. The topological polar surface area (TPSA) is 87.5 Å². The summed E-state index contributed by atoms with van der Waals surface area (Å²) in [5.74, 6) is 0.0561.